The fraction of sp³-hybridized carbons (Fsp3) is 0.462. The Labute approximate surface area is 294 Å². The summed E-state index contributed by atoms with van der Waals surface area (Å²) in [5, 5.41) is 14.2. The highest BCUT2D eigenvalue weighted by atomic mass is 16.6. The lowest BCUT2D eigenvalue weighted by atomic mass is 9.95. The number of nitrogens with zero attached hydrogens (tertiary/aromatic N) is 2. The largest absolute Gasteiger partial charge is 0.492 e. The number of nitrogens with one attached hydrogen (secondary N) is 1. The minimum absolute atomic E-state index is 0.0532. The number of aliphatic hydroxyl groups is 1. The molecule has 2 amide bonds. The van der Waals surface area contributed by atoms with Crippen molar-refractivity contribution in [1.29, 1.82) is 0 Å². The van der Waals surface area contributed by atoms with Crippen LogP contribution in [0.3, 0.4) is 0 Å². The summed E-state index contributed by atoms with van der Waals surface area (Å²) in [4.78, 5) is 44.2. The first-order valence-corrected chi connectivity index (χ1v) is 17.3. The molecule has 3 aromatic rings. The van der Waals surface area contributed by atoms with Crippen molar-refractivity contribution in [3.8, 4) is 11.5 Å². The van der Waals surface area contributed by atoms with E-state index in [4.69, 9.17) is 18.9 Å². The molecular formula is C39H49N3O8. The van der Waals surface area contributed by atoms with Gasteiger partial charge in [-0.25, -0.2) is 4.79 Å². The number of alkyl carbamates (subject to hydrolysis) is 1. The van der Waals surface area contributed by atoms with Gasteiger partial charge in [-0.1, -0.05) is 60.7 Å². The van der Waals surface area contributed by atoms with Gasteiger partial charge in [-0.2, -0.15) is 0 Å². The van der Waals surface area contributed by atoms with Gasteiger partial charge < -0.3 is 34.3 Å². The van der Waals surface area contributed by atoms with Crippen LogP contribution < -0.4 is 14.8 Å². The standard InChI is InChI=1S/C39H49N3O8/c1-39(2,3)50-38(46)40-32(25-28-9-5-4-6-10-28)33(43)17-18-36(45)42(37-31-11-7-8-12-35(31)49-27-34(37)44)26-29-13-15-30(16-14-29)48-24-21-41-19-22-47-23-20-41/h4-16,32-33,37,43H,17-27H2,1-3H3,(H,40,46)/t32-,33-,37-/m0/s1. The average molecular weight is 688 g/mol. The maximum Gasteiger partial charge on any atom is 0.407 e. The third-order valence-electron chi connectivity index (χ3n) is 8.70. The number of ether oxygens (including phenoxy) is 4. The second-order valence-electron chi connectivity index (χ2n) is 13.7. The lowest BCUT2D eigenvalue weighted by molar-refractivity contribution is -0.142. The Morgan fingerprint density at radius 1 is 0.980 bits per heavy atom. The van der Waals surface area contributed by atoms with Crippen LogP contribution in [0, 0.1) is 0 Å². The number of Topliss-reactive ketones (excluding diaryl/α,β-unsaturated/α-hetero) is 1. The van der Waals surface area contributed by atoms with Gasteiger partial charge in [-0.3, -0.25) is 14.5 Å². The molecule has 0 bridgehead atoms. The van der Waals surface area contributed by atoms with Gasteiger partial charge in [0.15, 0.2) is 5.78 Å². The molecule has 2 aliphatic rings. The number of carbonyl (C=O) groups excluding carboxylic acids is 3. The van der Waals surface area contributed by atoms with E-state index < -0.39 is 29.9 Å². The number of rotatable bonds is 14. The number of ketones is 1. The Morgan fingerprint density at radius 3 is 2.40 bits per heavy atom. The van der Waals surface area contributed by atoms with Crippen molar-refractivity contribution < 1.29 is 38.4 Å². The molecule has 2 N–H and O–H groups in total. The molecule has 0 radical (unpaired) electrons. The van der Waals surface area contributed by atoms with Crippen LogP contribution in [-0.4, -0.2) is 96.5 Å². The Bertz CT molecular complexity index is 1550. The molecule has 1 saturated heterocycles. The number of amides is 2. The van der Waals surface area contributed by atoms with Crippen LogP contribution in [0.2, 0.25) is 0 Å². The molecule has 0 aliphatic carbocycles. The van der Waals surface area contributed by atoms with E-state index in [1.807, 2.05) is 66.7 Å². The second-order valence-corrected chi connectivity index (χ2v) is 13.7. The van der Waals surface area contributed by atoms with Gasteiger partial charge in [-0.15, -0.1) is 0 Å². The number of hydrogen-bond donors (Lipinski definition) is 2. The zero-order chi connectivity index (χ0) is 35.5. The first-order valence-electron chi connectivity index (χ1n) is 17.3. The number of morpholine rings is 1. The molecule has 0 aromatic heterocycles. The average Bonchev–Trinajstić information content (AvgIpc) is 3.10. The van der Waals surface area contributed by atoms with Gasteiger partial charge in [0.2, 0.25) is 5.91 Å². The van der Waals surface area contributed by atoms with Crippen molar-refractivity contribution in [3.05, 3.63) is 95.6 Å². The molecule has 268 valence electrons. The maximum atomic E-state index is 14.1. The van der Waals surface area contributed by atoms with Crippen LogP contribution in [0.15, 0.2) is 78.9 Å². The number of benzene rings is 3. The minimum atomic E-state index is -1.07. The van der Waals surface area contributed by atoms with E-state index in [1.54, 1.807) is 37.8 Å². The first-order chi connectivity index (χ1) is 24.1. The van der Waals surface area contributed by atoms with Gasteiger partial charge >= 0.3 is 6.09 Å². The van der Waals surface area contributed by atoms with Crippen molar-refractivity contribution in [2.24, 2.45) is 0 Å². The summed E-state index contributed by atoms with van der Waals surface area (Å²) in [6.45, 7) is 9.94. The van der Waals surface area contributed by atoms with Gasteiger partial charge in [-0.05, 0) is 62.9 Å². The number of para-hydroxylation sites is 1. The van der Waals surface area contributed by atoms with Gasteiger partial charge in [0.05, 0.1) is 25.4 Å². The number of hydrogen-bond acceptors (Lipinski definition) is 9. The fourth-order valence-corrected chi connectivity index (χ4v) is 6.14. The first kappa shape index (κ1) is 36.8. The Hall–Kier alpha value is -4.45. The van der Waals surface area contributed by atoms with E-state index in [0.29, 0.717) is 24.3 Å². The molecule has 2 aliphatic heterocycles. The van der Waals surface area contributed by atoms with Crippen LogP contribution >= 0.6 is 0 Å². The summed E-state index contributed by atoms with van der Waals surface area (Å²) in [5.41, 5.74) is 1.64. The van der Waals surface area contributed by atoms with Crippen molar-refractivity contribution in [2.75, 3.05) is 46.1 Å². The monoisotopic (exact) mass is 687 g/mol. The Morgan fingerprint density at radius 2 is 1.68 bits per heavy atom. The van der Waals surface area contributed by atoms with Gasteiger partial charge in [0.25, 0.3) is 0 Å². The summed E-state index contributed by atoms with van der Waals surface area (Å²) in [6, 6.07) is 22.7. The van der Waals surface area contributed by atoms with Crippen molar-refractivity contribution in [2.45, 2.75) is 70.4 Å². The van der Waals surface area contributed by atoms with Crippen LogP contribution in [0.1, 0.15) is 56.3 Å². The van der Waals surface area contributed by atoms with Gasteiger partial charge in [0, 0.05) is 38.2 Å². The molecule has 3 atom stereocenters. The molecule has 0 unspecified atom stereocenters. The Balaban J connectivity index is 1.29. The molecule has 5 rings (SSSR count). The SMILES string of the molecule is CC(C)(C)OC(=O)N[C@@H](Cc1ccccc1)[C@@H](O)CCC(=O)N(Cc1ccc(OCCN2CCOCC2)cc1)[C@@H]1C(=O)COc2ccccc21. The summed E-state index contributed by atoms with van der Waals surface area (Å²) < 4.78 is 22.6. The number of fused-ring (bicyclic) bond motifs is 1. The molecule has 11 heteroatoms. The predicted molar refractivity (Wildman–Crippen MR) is 188 cm³/mol. The highest BCUT2D eigenvalue weighted by Gasteiger charge is 2.37. The number of aliphatic hydroxyl groups excluding tert-OH is 1. The highest BCUT2D eigenvalue weighted by molar-refractivity contribution is 5.92. The number of carbonyl (C=O) groups is 3. The summed E-state index contributed by atoms with van der Waals surface area (Å²) >= 11 is 0. The molecule has 2 heterocycles. The van der Waals surface area contributed by atoms with Crippen LogP contribution in [0.5, 0.6) is 11.5 Å². The van der Waals surface area contributed by atoms with Crippen LogP contribution in [-0.2, 0) is 32.0 Å². The molecule has 0 saturated carbocycles. The van der Waals surface area contributed by atoms with E-state index in [2.05, 4.69) is 10.2 Å². The zero-order valence-corrected chi connectivity index (χ0v) is 29.2. The lowest BCUT2D eigenvalue weighted by Crippen LogP contribution is -2.47. The smallest absolute Gasteiger partial charge is 0.407 e. The molecule has 0 spiro atoms. The predicted octanol–water partition coefficient (Wildman–Crippen LogP) is 4.71. The van der Waals surface area contributed by atoms with Crippen LogP contribution in [0.25, 0.3) is 0 Å². The van der Waals surface area contributed by atoms with Crippen molar-refractivity contribution in [1.82, 2.24) is 15.1 Å². The fourth-order valence-electron chi connectivity index (χ4n) is 6.14. The topological polar surface area (TPSA) is 127 Å². The maximum absolute atomic E-state index is 14.1. The molecule has 3 aromatic carbocycles. The third kappa shape index (κ3) is 10.8. The summed E-state index contributed by atoms with van der Waals surface area (Å²) in [6.07, 6.45) is -1.38. The van der Waals surface area contributed by atoms with E-state index in [0.717, 1.165) is 49.7 Å². The van der Waals surface area contributed by atoms with Crippen molar-refractivity contribution in [3.63, 3.8) is 0 Å². The van der Waals surface area contributed by atoms with E-state index in [-0.39, 0.29) is 37.7 Å². The van der Waals surface area contributed by atoms with E-state index in [9.17, 15) is 19.5 Å². The zero-order valence-electron chi connectivity index (χ0n) is 29.2. The highest BCUT2D eigenvalue weighted by Crippen LogP contribution is 2.35. The van der Waals surface area contributed by atoms with E-state index >= 15 is 0 Å². The van der Waals surface area contributed by atoms with Crippen molar-refractivity contribution >= 4 is 17.8 Å². The normalized spacial score (nSPS) is 17.5. The second kappa shape index (κ2) is 17.5. The van der Waals surface area contributed by atoms with E-state index in [1.165, 1.54) is 0 Å². The molecule has 1 fully saturated rings. The van der Waals surface area contributed by atoms with Gasteiger partial charge in [0.1, 0.15) is 36.4 Å². The molecule has 11 nitrogen and oxygen atoms in total. The van der Waals surface area contributed by atoms with Crippen LogP contribution in [0.4, 0.5) is 4.79 Å². The quantitative estimate of drug-likeness (QED) is 0.248. The summed E-state index contributed by atoms with van der Waals surface area (Å²) in [7, 11) is 0. The molecular weight excluding hydrogens is 638 g/mol. The lowest BCUT2D eigenvalue weighted by Gasteiger charge is -2.35. The Kier molecular flexibility index (Phi) is 12.9. The minimum Gasteiger partial charge on any atom is -0.492 e. The molecule has 50 heavy (non-hydrogen) atoms. The third-order valence-corrected chi connectivity index (χ3v) is 8.70. The summed E-state index contributed by atoms with van der Waals surface area (Å²) in [5.74, 6) is 0.746.